The number of hydrogen-bond acceptors (Lipinski definition) is 3. The van der Waals surface area contributed by atoms with Crippen LogP contribution in [0, 0.1) is 6.92 Å². The van der Waals surface area contributed by atoms with E-state index in [1.165, 1.54) is 5.56 Å². The standard InChI is InChI=1S/C12H15NO3/c1-8-2-4-9(5-3-8)10-7-16-11(6-13-10)12(14)15/h2-5,10-11,13H,6-7H2,1H3,(H,14,15). The summed E-state index contributed by atoms with van der Waals surface area (Å²) < 4.78 is 5.27. The fourth-order valence-electron chi connectivity index (χ4n) is 1.75. The molecule has 0 saturated carbocycles. The van der Waals surface area contributed by atoms with Gasteiger partial charge in [0.2, 0.25) is 0 Å². The molecule has 1 aliphatic heterocycles. The molecule has 0 amide bonds. The number of aryl methyl sites for hydroxylation is 1. The second-order valence-electron chi connectivity index (χ2n) is 4.03. The first-order chi connectivity index (χ1) is 7.66. The number of rotatable bonds is 2. The van der Waals surface area contributed by atoms with Gasteiger partial charge in [0.1, 0.15) is 0 Å². The lowest BCUT2D eigenvalue weighted by Crippen LogP contribution is -2.44. The molecule has 0 aromatic heterocycles. The van der Waals surface area contributed by atoms with E-state index in [4.69, 9.17) is 9.84 Å². The van der Waals surface area contributed by atoms with Gasteiger partial charge < -0.3 is 15.2 Å². The monoisotopic (exact) mass is 221 g/mol. The van der Waals surface area contributed by atoms with Gasteiger partial charge in [-0.2, -0.15) is 0 Å². The topological polar surface area (TPSA) is 58.6 Å². The van der Waals surface area contributed by atoms with Gasteiger partial charge in [-0.15, -0.1) is 0 Å². The van der Waals surface area contributed by atoms with E-state index in [-0.39, 0.29) is 6.04 Å². The molecule has 1 aromatic rings. The smallest absolute Gasteiger partial charge is 0.334 e. The zero-order chi connectivity index (χ0) is 11.5. The molecule has 1 saturated heterocycles. The Balaban J connectivity index is 1.99. The fraction of sp³-hybridized carbons (Fsp3) is 0.417. The van der Waals surface area contributed by atoms with Crippen molar-refractivity contribution in [2.24, 2.45) is 0 Å². The number of hydrogen-bond donors (Lipinski definition) is 2. The summed E-state index contributed by atoms with van der Waals surface area (Å²) in [5, 5.41) is 11.9. The molecule has 1 heterocycles. The molecule has 1 aliphatic rings. The number of morpholine rings is 1. The van der Waals surface area contributed by atoms with E-state index >= 15 is 0 Å². The summed E-state index contributed by atoms with van der Waals surface area (Å²) in [5.41, 5.74) is 2.35. The molecule has 4 heteroatoms. The quantitative estimate of drug-likeness (QED) is 0.785. The van der Waals surface area contributed by atoms with Crippen LogP contribution in [0.15, 0.2) is 24.3 Å². The highest BCUT2D eigenvalue weighted by Crippen LogP contribution is 2.18. The van der Waals surface area contributed by atoms with Crippen LogP contribution in [0.1, 0.15) is 17.2 Å². The van der Waals surface area contributed by atoms with Gasteiger partial charge in [0.15, 0.2) is 6.10 Å². The van der Waals surface area contributed by atoms with Gasteiger partial charge in [-0.25, -0.2) is 4.79 Å². The molecule has 0 spiro atoms. The summed E-state index contributed by atoms with van der Waals surface area (Å²) in [6.45, 7) is 2.79. The summed E-state index contributed by atoms with van der Waals surface area (Å²) in [6, 6.07) is 8.26. The molecule has 0 radical (unpaired) electrons. The Kier molecular flexibility index (Phi) is 3.22. The van der Waals surface area contributed by atoms with Crippen molar-refractivity contribution >= 4 is 5.97 Å². The van der Waals surface area contributed by atoms with E-state index in [9.17, 15) is 4.79 Å². The van der Waals surface area contributed by atoms with Crippen molar-refractivity contribution in [2.45, 2.75) is 19.1 Å². The average Bonchev–Trinajstić information content (AvgIpc) is 2.30. The molecule has 4 nitrogen and oxygen atoms in total. The lowest BCUT2D eigenvalue weighted by molar-refractivity contribution is -0.153. The molecule has 2 unspecified atom stereocenters. The first-order valence-corrected chi connectivity index (χ1v) is 5.31. The zero-order valence-corrected chi connectivity index (χ0v) is 9.14. The molecule has 2 atom stereocenters. The normalized spacial score (nSPS) is 25.3. The SMILES string of the molecule is Cc1ccc(C2COC(C(=O)O)CN2)cc1. The zero-order valence-electron chi connectivity index (χ0n) is 9.14. The summed E-state index contributed by atoms with van der Waals surface area (Å²) in [7, 11) is 0. The first-order valence-electron chi connectivity index (χ1n) is 5.31. The van der Waals surface area contributed by atoms with Crippen LogP contribution in [0.4, 0.5) is 0 Å². The molecule has 86 valence electrons. The van der Waals surface area contributed by atoms with Crippen molar-refractivity contribution in [3.8, 4) is 0 Å². The van der Waals surface area contributed by atoms with Crippen LogP contribution in [-0.2, 0) is 9.53 Å². The molecule has 0 bridgehead atoms. The Morgan fingerprint density at radius 3 is 2.62 bits per heavy atom. The van der Waals surface area contributed by atoms with Crippen molar-refractivity contribution in [1.29, 1.82) is 0 Å². The van der Waals surface area contributed by atoms with E-state index in [1.54, 1.807) is 0 Å². The number of carbonyl (C=O) groups is 1. The van der Waals surface area contributed by atoms with Crippen molar-refractivity contribution in [2.75, 3.05) is 13.2 Å². The minimum absolute atomic E-state index is 0.0937. The highest BCUT2D eigenvalue weighted by molar-refractivity contribution is 5.72. The second kappa shape index (κ2) is 4.63. The maximum Gasteiger partial charge on any atom is 0.334 e. The Hall–Kier alpha value is -1.39. The maximum absolute atomic E-state index is 10.7. The molecular formula is C12H15NO3. The average molecular weight is 221 g/mol. The lowest BCUT2D eigenvalue weighted by atomic mass is 10.0. The Morgan fingerprint density at radius 2 is 2.12 bits per heavy atom. The number of carboxylic acid groups (broad SMARTS) is 1. The van der Waals surface area contributed by atoms with E-state index in [1.807, 2.05) is 31.2 Å². The molecular weight excluding hydrogens is 206 g/mol. The summed E-state index contributed by atoms with van der Waals surface area (Å²) in [4.78, 5) is 10.7. The predicted molar refractivity (Wildman–Crippen MR) is 59.3 cm³/mol. The minimum Gasteiger partial charge on any atom is -0.479 e. The second-order valence-corrected chi connectivity index (χ2v) is 4.03. The van der Waals surface area contributed by atoms with Gasteiger partial charge in [-0.3, -0.25) is 0 Å². The highest BCUT2D eigenvalue weighted by atomic mass is 16.5. The molecule has 1 fully saturated rings. The van der Waals surface area contributed by atoms with Crippen molar-refractivity contribution in [3.63, 3.8) is 0 Å². The number of nitrogens with one attached hydrogen (secondary N) is 1. The summed E-state index contributed by atoms with van der Waals surface area (Å²) in [5.74, 6) is -0.908. The van der Waals surface area contributed by atoms with Crippen LogP contribution in [0.2, 0.25) is 0 Å². The fourth-order valence-corrected chi connectivity index (χ4v) is 1.75. The van der Waals surface area contributed by atoms with E-state index in [0.717, 1.165) is 5.56 Å². The Labute approximate surface area is 94.2 Å². The van der Waals surface area contributed by atoms with Crippen LogP contribution in [0.25, 0.3) is 0 Å². The van der Waals surface area contributed by atoms with Crippen molar-refractivity contribution < 1.29 is 14.6 Å². The van der Waals surface area contributed by atoms with Gasteiger partial charge >= 0.3 is 5.97 Å². The molecule has 16 heavy (non-hydrogen) atoms. The highest BCUT2D eigenvalue weighted by Gasteiger charge is 2.26. The van der Waals surface area contributed by atoms with Gasteiger partial charge in [-0.05, 0) is 12.5 Å². The van der Waals surface area contributed by atoms with Gasteiger partial charge in [-0.1, -0.05) is 29.8 Å². The predicted octanol–water partition coefficient (Wildman–Crippen LogP) is 1.11. The van der Waals surface area contributed by atoms with Gasteiger partial charge in [0, 0.05) is 6.54 Å². The molecule has 2 rings (SSSR count). The largest absolute Gasteiger partial charge is 0.479 e. The number of carboxylic acids is 1. The van der Waals surface area contributed by atoms with Crippen LogP contribution < -0.4 is 5.32 Å². The lowest BCUT2D eigenvalue weighted by Gasteiger charge is -2.28. The number of benzene rings is 1. The van der Waals surface area contributed by atoms with E-state index in [0.29, 0.717) is 13.2 Å². The van der Waals surface area contributed by atoms with Crippen molar-refractivity contribution in [3.05, 3.63) is 35.4 Å². The third-order valence-corrected chi connectivity index (χ3v) is 2.77. The van der Waals surface area contributed by atoms with Crippen LogP contribution >= 0.6 is 0 Å². The van der Waals surface area contributed by atoms with E-state index < -0.39 is 12.1 Å². The Morgan fingerprint density at radius 1 is 1.44 bits per heavy atom. The molecule has 1 aromatic carbocycles. The molecule has 0 aliphatic carbocycles. The van der Waals surface area contributed by atoms with Gasteiger partial charge in [0.25, 0.3) is 0 Å². The third kappa shape index (κ3) is 2.40. The van der Waals surface area contributed by atoms with Crippen molar-refractivity contribution in [1.82, 2.24) is 5.32 Å². The molecule has 2 N–H and O–H groups in total. The minimum atomic E-state index is -0.908. The van der Waals surface area contributed by atoms with Crippen LogP contribution in [-0.4, -0.2) is 30.3 Å². The van der Waals surface area contributed by atoms with Crippen LogP contribution in [0.3, 0.4) is 0 Å². The van der Waals surface area contributed by atoms with Crippen LogP contribution in [0.5, 0.6) is 0 Å². The number of aliphatic carboxylic acids is 1. The van der Waals surface area contributed by atoms with E-state index in [2.05, 4.69) is 5.32 Å². The third-order valence-electron chi connectivity index (χ3n) is 2.77. The number of ether oxygens (including phenoxy) is 1. The van der Waals surface area contributed by atoms with Gasteiger partial charge in [0.05, 0.1) is 12.6 Å². The summed E-state index contributed by atoms with van der Waals surface area (Å²) >= 11 is 0. The Bertz CT molecular complexity index is 366. The summed E-state index contributed by atoms with van der Waals surface area (Å²) in [6.07, 6.45) is -0.721. The first kappa shape index (κ1) is 11.1. The maximum atomic E-state index is 10.7.